The number of rotatable bonds is 3. The minimum atomic E-state index is -0.0233. The van der Waals surface area contributed by atoms with Gasteiger partial charge in [0.25, 0.3) is 5.91 Å². The number of carbonyl (C=O) groups is 1. The van der Waals surface area contributed by atoms with Gasteiger partial charge in [-0.15, -0.1) is 11.3 Å². The summed E-state index contributed by atoms with van der Waals surface area (Å²) >= 11 is 1.36. The summed E-state index contributed by atoms with van der Waals surface area (Å²) in [5.74, 6) is -0.0233. The highest BCUT2D eigenvalue weighted by Gasteiger charge is 2.22. The average Bonchev–Trinajstić information content (AvgIpc) is 2.74. The molecule has 2 aromatic rings. The Hall–Kier alpha value is -1.62. The lowest BCUT2D eigenvalue weighted by Gasteiger charge is -2.23. The molecule has 0 saturated carbocycles. The molecule has 0 aliphatic rings. The van der Waals surface area contributed by atoms with Crippen molar-refractivity contribution in [3.05, 3.63) is 23.2 Å². The third-order valence-corrected chi connectivity index (χ3v) is 4.39. The molecule has 1 atom stereocenters. The molecule has 2 heterocycles. The maximum absolute atomic E-state index is 12.4. The first-order valence-corrected chi connectivity index (χ1v) is 6.78. The molecule has 0 aliphatic carbocycles. The van der Waals surface area contributed by atoms with E-state index in [0.29, 0.717) is 10.6 Å². The lowest BCUT2D eigenvalue weighted by atomic mass is 10.2. The van der Waals surface area contributed by atoms with Crippen molar-refractivity contribution in [1.29, 1.82) is 0 Å². The van der Waals surface area contributed by atoms with Crippen LogP contribution in [0.25, 0.3) is 10.2 Å². The first-order chi connectivity index (χ1) is 8.56. The van der Waals surface area contributed by atoms with Crippen LogP contribution in [0.3, 0.4) is 0 Å². The Labute approximate surface area is 110 Å². The molecule has 1 unspecified atom stereocenters. The molecule has 0 aromatic carbocycles. The Kier molecular flexibility index (Phi) is 3.52. The van der Waals surface area contributed by atoms with E-state index in [2.05, 4.69) is 11.9 Å². The van der Waals surface area contributed by atoms with Gasteiger partial charge < -0.3 is 10.6 Å². The van der Waals surface area contributed by atoms with Crippen molar-refractivity contribution in [2.45, 2.75) is 26.3 Å². The van der Waals surface area contributed by atoms with Gasteiger partial charge in [-0.3, -0.25) is 4.79 Å². The van der Waals surface area contributed by atoms with Gasteiger partial charge in [-0.2, -0.15) is 0 Å². The molecule has 4 nitrogen and oxygen atoms in total. The number of carbonyl (C=O) groups excluding carboxylic acids is 1. The molecule has 0 fully saturated rings. The molecule has 0 aliphatic heterocycles. The van der Waals surface area contributed by atoms with E-state index in [0.717, 1.165) is 16.6 Å². The van der Waals surface area contributed by atoms with Crippen LogP contribution < -0.4 is 5.73 Å². The lowest BCUT2D eigenvalue weighted by Crippen LogP contribution is -2.34. The predicted molar refractivity (Wildman–Crippen MR) is 75.9 cm³/mol. The summed E-state index contributed by atoms with van der Waals surface area (Å²) in [4.78, 5) is 19.7. The lowest BCUT2D eigenvalue weighted by molar-refractivity contribution is 0.0746. The van der Waals surface area contributed by atoms with Gasteiger partial charge in [0, 0.05) is 24.7 Å². The third kappa shape index (κ3) is 2.06. The molecule has 0 saturated heterocycles. The van der Waals surface area contributed by atoms with Crippen LogP contribution in [0.5, 0.6) is 0 Å². The second-order valence-corrected chi connectivity index (χ2v) is 5.37. The molecule has 1 amide bonds. The van der Waals surface area contributed by atoms with Crippen LogP contribution in [-0.4, -0.2) is 28.9 Å². The molecular formula is C13H17N3OS. The second-order valence-electron chi connectivity index (χ2n) is 4.37. The van der Waals surface area contributed by atoms with E-state index in [4.69, 9.17) is 5.73 Å². The van der Waals surface area contributed by atoms with E-state index >= 15 is 0 Å². The van der Waals surface area contributed by atoms with Crippen LogP contribution in [0.1, 0.15) is 29.9 Å². The van der Waals surface area contributed by atoms with Gasteiger partial charge in [0.2, 0.25) is 0 Å². The summed E-state index contributed by atoms with van der Waals surface area (Å²) in [6.45, 7) is 4.09. The van der Waals surface area contributed by atoms with Gasteiger partial charge in [-0.1, -0.05) is 6.92 Å². The molecular weight excluding hydrogens is 246 g/mol. The fourth-order valence-corrected chi connectivity index (χ4v) is 2.79. The SMILES string of the molecule is CCC(C)N(C)C(=O)c1sc2ncccc2c1N. The van der Waals surface area contributed by atoms with E-state index in [-0.39, 0.29) is 11.9 Å². The van der Waals surface area contributed by atoms with E-state index < -0.39 is 0 Å². The standard InChI is InChI=1S/C13H17N3OS/c1-4-8(2)16(3)13(17)11-10(14)9-6-5-7-15-12(9)18-11/h5-8H,4,14H2,1-3H3. The highest BCUT2D eigenvalue weighted by molar-refractivity contribution is 7.21. The molecule has 0 bridgehead atoms. The molecule has 0 spiro atoms. The summed E-state index contributed by atoms with van der Waals surface area (Å²) in [7, 11) is 1.81. The highest BCUT2D eigenvalue weighted by Crippen LogP contribution is 2.32. The van der Waals surface area contributed by atoms with E-state index in [1.54, 1.807) is 11.1 Å². The number of pyridine rings is 1. The summed E-state index contributed by atoms with van der Waals surface area (Å²) in [5.41, 5.74) is 6.59. The number of nitrogens with two attached hydrogens (primary N) is 1. The van der Waals surface area contributed by atoms with Crippen molar-refractivity contribution in [3.63, 3.8) is 0 Å². The average molecular weight is 263 g/mol. The largest absolute Gasteiger partial charge is 0.397 e. The van der Waals surface area contributed by atoms with E-state index in [1.165, 1.54) is 11.3 Å². The summed E-state index contributed by atoms with van der Waals surface area (Å²) in [5, 5.41) is 0.864. The first kappa shape index (κ1) is 12.8. The quantitative estimate of drug-likeness (QED) is 0.926. The summed E-state index contributed by atoms with van der Waals surface area (Å²) in [6, 6.07) is 3.93. The van der Waals surface area contributed by atoms with Crippen LogP contribution in [0.15, 0.2) is 18.3 Å². The number of anilines is 1. The zero-order chi connectivity index (χ0) is 13.3. The fraction of sp³-hybridized carbons (Fsp3) is 0.385. The Morgan fingerprint density at radius 1 is 1.61 bits per heavy atom. The number of hydrogen-bond acceptors (Lipinski definition) is 4. The monoisotopic (exact) mass is 263 g/mol. The normalized spacial score (nSPS) is 12.6. The van der Waals surface area contributed by atoms with Gasteiger partial charge >= 0.3 is 0 Å². The van der Waals surface area contributed by atoms with Crippen molar-refractivity contribution >= 4 is 33.1 Å². The van der Waals surface area contributed by atoms with Crippen molar-refractivity contribution in [3.8, 4) is 0 Å². The smallest absolute Gasteiger partial charge is 0.266 e. The predicted octanol–water partition coefficient (Wildman–Crippen LogP) is 2.75. The van der Waals surface area contributed by atoms with Gasteiger partial charge in [0.05, 0.1) is 5.69 Å². The van der Waals surface area contributed by atoms with Crippen molar-refractivity contribution < 1.29 is 4.79 Å². The van der Waals surface area contributed by atoms with Crippen molar-refractivity contribution in [2.75, 3.05) is 12.8 Å². The van der Waals surface area contributed by atoms with Gasteiger partial charge in [0.15, 0.2) is 0 Å². The number of amides is 1. The van der Waals surface area contributed by atoms with Crippen LogP contribution in [0.2, 0.25) is 0 Å². The molecule has 2 aromatic heterocycles. The van der Waals surface area contributed by atoms with Crippen LogP contribution in [0, 0.1) is 0 Å². The molecule has 18 heavy (non-hydrogen) atoms. The van der Waals surface area contributed by atoms with Crippen molar-refractivity contribution in [2.24, 2.45) is 0 Å². The zero-order valence-corrected chi connectivity index (χ0v) is 11.6. The van der Waals surface area contributed by atoms with Gasteiger partial charge in [-0.25, -0.2) is 4.98 Å². The highest BCUT2D eigenvalue weighted by atomic mass is 32.1. The molecule has 5 heteroatoms. The number of aromatic nitrogens is 1. The first-order valence-electron chi connectivity index (χ1n) is 5.96. The minimum absolute atomic E-state index is 0.0233. The Morgan fingerprint density at radius 3 is 2.94 bits per heavy atom. The topological polar surface area (TPSA) is 59.2 Å². The van der Waals surface area contributed by atoms with Crippen LogP contribution in [0.4, 0.5) is 5.69 Å². The third-order valence-electron chi connectivity index (χ3n) is 3.27. The van der Waals surface area contributed by atoms with E-state index in [9.17, 15) is 4.79 Å². The van der Waals surface area contributed by atoms with E-state index in [1.807, 2.05) is 26.1 Å². The number of hydrogen-bond donors (Lipinski definition) is 1. The maximum Gasteiger partial charge on any atom is 0.266 e. The van der Waals surface area contributed by atoms with Crippen LogP contribution >= 0.6 is 11.3 Å². The zero-order valence-electron chi connectivity index (χ0n) is 10.8. The fourth-order valence-electron chi connectivity index (χ4n) is 1.74. The summed E-state index contributed by atoms with van der Waals surface area (Å²) in [6.07, 6.45) is 2.64. The van der Waals surface area contributed by atoms with Gasteiger partial charge in [-0.05, 0) is 25.5 Å². The number of thiophene rings is 1. The Morgan fingerprint density at radius 2 is 2.33 bits per heavy atom. The molecule has 2 N–H and O–H groups in total. The number of nitrogens with zero attached hydrogens (tertiary/aromatic N) is 2. The summed E-state index contributed by atoms with van der Waals surface area (Å²) < 4.78 is 0. The second kappa shape index (κ2) is 4.94. The number of nitrogen functional groups attached to an aromatic ring is 1. The van der Waals surface area contributed by atoms with Gasteiger partial charge in [0.1, 0.15) is 9.71 Å². The molecule has 0 radical (unpaired) electrons. The molecule has 2 rings (SSSR count). The number of fused-ring (bicyclic) bond motifs is 1. The molecule has 96 valence electrons. The van der Waals surface area contributed by atoms with Crippen molar-refractivity contribution in [1.82, 2.24) is 9.88 Å². The Balaban J connectivity index is 2.42. The minimum Gasteiger partial charge on any atom is -0.397 e. The maximum atomic E-state index is 12.4. The van der Waals surface area contributed by atoms with Crippen LogP contribution in [-0.2, 0) is 0 Å². The Bertz CT molecular complexity index is 579.